The van der Waals surface area contributed by atoms with E-state index in [1.165, 1.54) is 25.4 Å². The molecule has 0 radical (unpaired) electrons. The van der Waals surface area contributed by atoms with Gasteiger partial charge in [-0.15, -0.1) is 0 Å². The van der Waals surface area contributed by atoms with Crippen LogP contribution in [0.2, 0.25) is 0 Å². The van der Waals surface area contributed by atoms with Gasteiger partial charge in [-0.2, -0.15) is 0 Å². The zero-order valence-electron chi connectivity index (χ0n) is 14.9. The Morgan fingerprint density at radius 3 is 2.70 bits per heavy atom. The third kappa shape index (κ3) is 4.69. The number of aromatic nitrogens is 1. The Morgan fingerprint density at radius 2 is 1.96 bits per heavy atom. The van der Waals surface area contributed by atoms with Gasteiger partial charge in [0.05, 0.1) is 21.7 Å². The van der Waals surface area contributed by atoms with Gasteiger partial charge in [0.2, 0.25) is 15.9 Å². The molecule has 0 saturated carbocycles. The van der Waals surface area contributed by atoms with Crippen molar-refractivity contribution in [1.29, 1.82) is 0 Å². The Bertz CT molecular complexity index is 1080. The molecule has 27 heavy (non-hydrogen) atoms. The fourth-order valence-corrected chi connectivity index (χ4v) is 4.52. The quantitative estimate of drug-likeness (QED) is 0.589. The van der Waals surface area contributed by atoms with Crippen LogP contribution in [0.15, 0.2) is 47.4 Å². The number of rotatable bonds is 7. The first-order chi connectivity index (χ1) is 12.9. The SMILES string of the molecule is COCCNS(=O)(=O)c1cccc(-c2ccc3nc(NC(C)=O)sc3c2)c1. The molecule has 1 aromatic heterocycles. The first-order valence-electron chi connectivity index (χ1n) is 8.16. The van der Waals surface area contributed by atoms with Crippen molar-refractivity contribution >= 4 is 42.6 Å². The number of thiazole rings is 1. The molecule has 0 aliphatic heterocycles. The molecule has 3 rings (SSSR count). The summed E-state index contributed by atoms with van der Waals surface area (Å²) in [6.07, 6.45) is 0. The van der Waals surface area contributed by atoms with Gasteiger partial charge in [0, 0.05) is 20.6 Å². The molecular weight excluding hydrogens is 386 g/mol. The van der Waals surface area contributed by atoms with Gasteiger partial charge in [-0.25, -0.2) is 18.1 Å². The summed E-state index contributed by atoms with van der Waals surface area (Å²) in [5.74, 6) is -0.173. The molecule has 3 aromatic rings. The summed E-state index contributed by atoms with van der Waals surface area (Å²) in [5.41, 5.74) is 2.42. The number of anilines is 1. The Hall–Kier alpha value is -2.33. The number of amides is 1. The number of benzene rings is 2. The molecule has 1 amide bonds. The number of sulfonamides is 1. The number of nitrogens with one attached hydrogen (secondary N) is 2. The van der Waals surface area contributed by atoms with Crippen molar-refractivity contribution < 1.29 is 17.9 Å². The fourth-order valence-electron chi connectivity index (χ4n) is 2.51. The largest absolute Gasteiger partial charge is 0.383 e. The van der Waals surface area contributed by atoms with Gasteiger partial charge < -0.3 is 10.1 Å². The van der Waals surface area contributed by atoms with Gasteiger partial charge >= 0.3 is 0 Å². The van der Waals surface area contributed by atoms with Crippen molar-refractivity contribution in [2.24, 2.45) is 0 Å². The highest BCUT2D eigenvalue weighted by Gasteiger charge is 2.14. The van der Waals surface area contributed by atoms with Crippen molar-refractivity contribution in [1.82, 2.24) is 9.71 Å². The number of carbonyl (C=O) groups excluding carboxylic acids is 1. The molecule has 0 aliphatic rings. The minimum atomic E-state index is -3.60. The second-order valence-electron chi connectivity index (χ2n) is 5.80. The van der Waals surface area contributed by atoms with Gasteiger partial charge in [-0.05, 0) is 35.4 Å². The lowest BCUT2D eigenvalue weighted by Gasteiger charge is -2.08. The average Bonchev–Trinajstić information content (AvgIpc) is 3.02. The first kappa shape index (κ1) is 19.4. The molecular formula is C18H19N3O4S2. The van der Waals surface area contributed by atoms with Crippen LogP contribution in [-0.2, 0) is 19.6 Å². The molecule has 2 aromatic carbocycles. The third-order valence-electron chi connectivity index (χ3n) is 3.75. The van der Waals surface area contributed by atoms with Crippen LogP contribution in [0.25, 0.3) is 21.3 Å². The number of methoxy groups -OCH3 is 1. The minimum absolute atomic E-state index is 0.173. The lowest BCUT2D eigenvalue weighted by Crippen LogP contribution is -2.27. The van der Waals surface area contributed by atoms with E-state index in [0.29, 0.717) is 11.7 Å². The smallest absolute Gasteiger partial charge is 0.240 e. The summed E-state index contributed by atoms with van der Waals surface area (Å²) < 4.78 is 33.1. The number of carbonyl (C=O) groups is 1. The molecule has 0 fully saturated rings. The number of fused-ring (bicyclic) bond motifs is 1. The zero-order chi connectivity index (χ0) is 19.4. The maximum absolute atomic E-state index is 12.4. The lowest BCUT2D eigenvalue weighted by molar-refractivity contribution is -0.114. The standard InChI is InChI=1S/C18H19N3O4S2/c1-12(22)20-18-21-16-7-6-14(11-17(16)26-18)13-4-3-5-15(10-13)27(23,24)19-8-9-25-2/h3-7,10-11,19H,8-9H2,1-2H3,(H,20,21,22). The summed E-state index contributed by atoms with van der Waals surface area (Å²) in [5, 5.41) is 3.21. The molecule has 0 bridgehead atoms. The van der Waals surface area contributed by atoms with Crippen molar-refractivity contribution in [3.8, 4) is 11.1 Å². The van der Waals surface area contributed by atoms with E-state index in [2.05, 4.69) is 15.0 Å². The Labute approximate surface area is 161 Å². The topological polar surface area (TPSA) is 97.4 Å². The second-order valence-corrected chi connectivity index (χ2v) is 8.60. The summed E-state index contributed by atoms with van der Waals surface area (Å²) >= 11 is 1.37. The Morgan fingerprint density at radius 1 is 1.19 bits per heavy atom. The maximum atomic E-state index is 12.4. The Balaban J connectivity index is 1.91. The third-order valence-corrected chi connectivity index (χ3v) is 6.14. The van der Waals surface area contributed by atoms with Gasteiger partial charge in [-0.3, -0.25) is 4.79 Å². The molecule has 142 valence electrons. The molecule has 7 nitrogen and oxygen atoms in total. The predicted molar refractivity (Wildman–Crippen MR) is 106 cm³/mol. The highest BCUT2D eigenvalue weighted by Crippen LogP contribution is 2.31. The number of hydrogen-bond donors (Lipinski definition) is 2. The van der Waals surface area contributed by atoms with Gasteiger partial charge in [0.15, 0.2) is 5.13 Å². The van der Waals surface area contributed by atoms with Crippen LogP contribution in [0.3, 0.4) is 0 Å². The van der Waals surface area contributed by atoms with E-state index in [0.717, 1.165) is 21.3 Å². The molecule has 0 spiro atoms. The zero-order valence-corrected chi connectivity index (χ0v) is 16.5. The highest BCUT2D eigenvalue weighted by molar-refractivity contribution is 7.89. The van der Waals surface area contributed by atoms with Crippen LogP contribution in [0.1, 0.15) is 6.92 Å². The van der Waals surface area contributed by atoms with Crippen molar-refractivity contribution in [3.05, 3.63) is 42.5 Å². The lowest BCUT2D eigenvalue weighted by atomic mass is 10.1. The van der Waals surface area contributed by atoms with Crippen LogP contribution in [0, 0.1) is 0 Å². The maximum Gasteiger partial charge on any atom is 0.240 e. The first-order valence-corrected chi connectivity index (χ1v) is 10.5. The normalized spacial score (nSPS) is 11.6. The van der Waals surface area contributed by atoms with E-state index in [1.807, 2.05) is 24.3 Å². The predicted octanol–water partition coefficient (Wildman–Crippen LogP) is 2.85. The summed E-state index contributed by atoms with van der Waals surface area (Å²) in [7, 11) is -2.09. The monoisotopic (exact) mass is 405 g/mol. The van der Waals surface area contributed by atoms with Crippen LogP contribution in [0.4, 0.5) is 5.13 Å². The van der Waals surface area contributed by atoms with Gasteiger partial charge in [0.1, 0.15) is 0 Å². The van der Waals surface area contributed by atoms with E-state index in [-0.39, 0.29) is 17.3 Å². The van der Waals surface area contributed by atoms with Crippen LogP contribution in [-0.4, -0.2) is 39.6 Å². The van der Waals surface area contributed by atoms with Gasteiger partial charge in [0.25, 0.3) is 0 Å². The summed E-state index contributed by atoms with van der Waals surface area (Å²) in [4.78, 5) is 15.7. The van der Waals surface area contributed by atoms with E-state index < -0.39 is 10.0 Å². The van der Waals surface area contributed by atoms with Crippen molar-refractivity contribution in [2.75, 3.05) is 25.6 Å². The van der Waals surface area contributed by atoms with E-state index in [1.54, 1.807) is 18.2 Å². The van der Waals surface area contributed by atoms with E-state index in [4.69, 9.17) is 4.74 Å². The highest BCUT2D eigenvalue weighted by atomic mass is 32.2. The minimum Gasteiger partial charge on any atom is -0.383 e. The molecule has 0 saturated heterocycles. The van der Waals surface area contributed by atoms with Crippen LogP contribution >= 0.6 is 11.3 Å². The molecule has 2 N–H and O–H groups in total. The summed E-state index contributed by atoms with van der Waals surface area (Å²) in [6.45, 7) is 1.95. The number of nitrogens with zero attached hydrogens (tertiary/aromatic N) is 1. The van der Waals surface area contributed by atoms with E-state index in [9.17, 15) is 13.2 Å². The van der Waals surface area contributed by atoms with Crippen LogP contribution in [0.5, 0.6) is 0 Å². The summed E-state index contributed by atoms with van der Waals surface area (Å²) in [6, 6.07) is 12.4. The average molecular weight is 406 g/mol. The number of hydrogen-bond acceptors (Lipinski definition) is 6. The van der Waals surface area contributed by atoms with Gasteiger partial charge in [-0.1, -0.05) is 29.5 Å². The van der Waals surface area contributed by atoms with Crippen molar-refractivity contribution in [2.45, 2.75) is 11.8 Å². The number of ether oxygens (including phenoxy) is 1. The molecule has 0 aliphatic carbocycles. The van der Waals surface area contributed by atoms with Crippen LogP contribution < -0.4 is 10.0 Å². The molecule has 9 heteroatoms. The Kier molecular flexibility index (Phi) is 5.85. The van der Waals surface area contributed by atoms with Crippen molar-refractivity contribution in [3.63, 3.8) is 0 Å². The molecule has 0 unspecified atom stereocenters. The molecule has 1 heterocycles. The second kappa shape index (κ2) is 8.13. The molecule has 0 atom stereocenters. The van der Waals surface area contributed by atoms with E-state index >= 15 is 0 Å². The fraction of sp³-hybridized carbons (Fsp3) is 0.222.